The molecule has 0 aromatic heterocycles. The van der Waals surface area contributed by atoms with Gasteiger partial charge >= 0.3 is 6.09 Å². The second-order valence-corrected chi connectivity index (χ2v) is 5.61. The molecule has 1 aromatic rings. The summed E-state index contributed by atoms with van der Waals surface area (Å²) in [6.45, 7) is 7.41. The Morgan fingerprint density at radius 3 is 2.77 bits per heavy atom. The van der Waals surface area contributed by atoms with Crippen LogP contribution in [0.2, 0.25) is 5.02 Å². The predicted molar refractivity (Wildman–Crippen MR) is 89.0 cm³/mol. The summed E-state index contributed by atoms with van der Waals surface area (Å²) in [6, 6.07) is 6.82. The highest BCUT2D eigenvalue weighted by Gasteiger charge is 2.22. The fourth-order valence-electron chi connectivity index (χ4n) is 2.06. The lowest BCUT2D eigenvalue weighted by Gasteiger charge is -2.22. The first-order valence-corrected chi connectivity index (χ1v) is 7.89. The van der Waals surface area contributed by atoms with E-state index in [1.54, 1.807) is 37.3 Å². The molecule has 0 aliphatic rings. The van der Waals surface area contributed by atoms with Crippen molar-refractivity contribution in [3.8, 4) is 0 Å². The van der Waals surface area contributed by atoms with E-state index in [-0.39, 0.29) is 6.04 Å². The maximum absolute atomic E-state index is 11.9. The zero-order valence-corrected chi connectivity index (χ0v) is 13.8. The summed E-state index contributed by atoms with van der Waals surface area (Å²) in [5.74, 6) is 0. The van der Waals surface area contributed by atoms with Crippen molar-refractivity contribution in [1.29, 1.82) is 0 Å². The summed E-state index contributed by atoms with van der Waals surface area (Å²) >= 11 is 6.03. The first-order valence-electron chi connectivity index (χ1n) is 7.51. The van der Waals surface area contributed by atoms with Crippen LogP contribution in [-0.2, 0) is 4.74 Å². The maximum Gasteiger partial charge on any atom is 0.407 e. The van der Waals surface area contributed by atoms with Crippen LogP contribution in [0.5, 0.6) is 0 Å². The summed E-state index contributed by atoms with van der Waals surface area (Å²) < 4.78 is 5.23. The van der Waals surface area contributed by atoms with Crippen LogP contribution >= 0.6 is 11.6 Å². The number of nitrogens with one attached hydrogen (secondary N) is 1. The first kappa shape index (κ1) is 18.5. The number of benzene rings is 1. The van der Waals surface area contributed by atoms with Crippen LogP contribution < -0.4 is 5.32 Å². The highest BCUT2D eigenvalue weighted by Crippen LogP contribution is 2.26. The van der Waals surface area contributed by atoms with E-state index in [1.165, 1.54) is 0 Å². The molecule has 0 fully saturated rings. The van der Waals surface area contributed by atoms with E-state index in [2.05, 4.69) is 18.8 Å². The van der Waals surface area contributed by atoms with E-state index in [9.17, 15) is 9.90 Å². The van der Waals surface area contributed by atoms with Crippen molar-refractivity contribution < 1.29 is 14.6 Å². The maximum atomic E-state index is 11.9. The smallest absolute Gasteiger partial charge is 0.407 e. The van der Waals surface area contributed by atoms with Gasteiger partial charge in [-0.05, 0) is 19.4 Å². The van der Waals surface area contributed by atoms with Gasteiger partial charge in [-0.15, -0.1) is 6.58 Å². The molecule has 2 N–H and O–H groups in total. The number of carbonyl (C=O) groups is 1. The van der Waals surface area contributed by atoms with Gasteiger partial charge in [-0.2, -0.15) is 0 Å². The molecule has 0 aliphatic heterocycles. The number of aliphatic hydroxyl groups is 1. The molecule has 0 spiro atoms. The molecule has 1 amide bonds. The number of halogens is 1. The third kappa shape index (κ3) is 5.70. The molecule has 5 heteroatoms. The van der Waals surface area contributed by atoms with Crippen molar-refractivity contribution in [1.82, 2.24) is 5.32 Å². The van der Waals surface area contributed by atoms with Gasteiger partial charge in [0, 0.05) is 10.6 Å². The average Bonchev–Trinajstić information content (AvgIpc) is 2.51. The molecule has 3 unspecified atom stereocenters. The molecule has 122 valence electrons. The highest BCUT2D eigenvalue weighted by molar-refractivity contribution is 6.31. The van der Waals surface area contributed by atoms with Crippen LogP contribution in [0, 0.1) is 0 Å². The molecule has 0 saturated carbocycles. The quantitative estimate of drug-likeness (QED) is 0.703. The topological polar surface area (TPSA) is 58.6 Å². The van der Waals surface area contributed by atoms with Gasteiger partial charge in [0.2, 0.25) is 0 Å². The Balaban J connectivity index is 2.56. The fraction of sp³-hybridized carbons (Fsp3) is 0.471. The lowest BCUT2D eigenvalue weighted by atomic mass is 10.1. The third-order valence-corrected chi connectivity index (χ3v) is 3.76. The van der Waals surface area contributed by atoms with Gasteiger partial charge in [-0.25, -0.2) is 4.79 Å². The van der Waals surface area contributed by atoms with Gasteiger partial charge in [0.05, 0.1) is 6.04 Å². The van der Waals surface area contributed by atoms with E-state index in [0.717, 1.165) is 19.3 Å². The van der Waals surface area contributed by atoms with Crippen molar-refractivity contribution in [3.05, 3.63) is 47.5 Å². The Morgan fingerprint density at radius 1 is 1.50 bits per heavy atom. The number of aliphatic hydroxyl groups excluding tert-OH is 1. The summed E-state index contributed by atoms with van der Waals surface area (Å²) in [5, 5.41) is 13.4. The molecular formula is C17H24ClNO3. The van der Waals surface area contributed by atoms with Crippen LogP contribution in [0.3, 0.4) is 0 Å². The number of alkyl carbamates (subject to hydrolysis) is 1. The van der Waals surface area contributed by atoms with Gasteiger partial charge in [0.1, 0.15) is 12.2 Å². The summed E-state index contributed by atoms with van der Waals surface area (Å²) in [5.41, 5.74) is 0.538. The second kappa shape index (κ2) is 9.49. The van der Waals surface area contributed by atoms with E-state index in [1.807, 2.05) is 0 Å². The number of rotatable bonds is 8. The molecule has 0 heterocycles. The molecule has 0 saturated heterocycles. The lowest BCUT2D eigenvalue weighted by molar-refractivity contribution is 0.0112. The van der Waals surface area contributed by atoms with Crippen molar-refractivity contribution in [2.24, 2.45) is 0 Å². The molecule has 0 radical (unpaired) electrons. The zero-order valence-electron chi connectivity index (χ0n) is 13.1. The minimum Gasteiger partial charge on any atom is -0.443 e. The Hall–Kier alpha value is -1.52. The second-order valence-electron chi connectivity index (χ2n) is 5.21. The zero-order chi connectivity index (χ0) is 16.5. The Morgan fingerprint density at radius 2 is 2.18 bits per heavy atom. The average molecular weight is 326 g/mol. The van der Waals surface area contributed by atoms with Gasteiger partial charge in [-0.1, -0.05) is 55.6 Å². The summed E-state index contributed by atoms with van der Waals surface area (Å²) in [6.07, 6.45) is 2.29. The number of hydrogen-bond donors (Lipinski definition) is 2. The molecule has 0 bridgehead atoms. The lowest BCUT2D eigenvalue weighted by Crippen LogP contribution is -2.36. The van der Waals surface area contributed by atoms with Crippen molar-refractivity contribution in [2.75, 3.05) is 0 Å². The van der Waals surface area contributed by atoms with Crippen molar-refractivity contribution in [3.63, 3.8) is 0 Å². The predicted octanol–water partition coefficient (Wildman–Crippen LogP) is 4.23. The van der Waals surface area contributed by atoms with E-state index in [4.69, 9.17) is 16.3 Å². The van der Waals surface area contributed by atoms with Gasteiger partial charge in [-0.3, -0.25) is 0 Å². The normalized spacial score (nSPS) is 14.7. The molecule has 1 rings (SSSR count). The van der Waals surface area contributed by atoms with E-state index in [0.29, 0.717) is 10.6 Å². The molecular weight excluding hydrogens is 302 g/mol. The number of carbonyl (C=O) groups excluding carboxylic acids is 1. The van der Waals surface area contributed by atoms with Crippen LogP contribution in [0.25, 0.3) is 0 Å². The minimum atomic E-state index is -0.975. The van der Waals surface area contributed by atoms with E-state index < -0.39 is 18.3 Å². The molecule has 22 heavy (non-hydrogen) atoms. The van der Waals surface area contributed by atoms with Crippen LogP contribution in [-0.4, -0.2) is 23.3 Å². The number of ether oxygens (including phenoxy) is 1. The number of hydrogen-bond acceptors (Lipinski definition) is 3. The third-order valence-electron chi connectivity index (χ3n) is 3.42. The monoisotopic (exact) mass is 325 g/mol. The standard InChI is InChI=1S/C17H24ClNO3/c1-4-6-9-13(5-2)19-17(21)22-12(3)16(20)14-10-7-8-11-15(14)18/h5,7-8,10-13,16,20H,2,4,6,9H2,1,3H3,(H,19,21). The molecule has 3 atom stereocenters. The van der Waals surface area contributed by atoms with Crippen molar-refractivity contribution in [2.45, 2.75) is 51.4 Å². The Bertz CT molecular complexity index is 493. The largest absolute Gasteiger partial charge is 0.443 e. The Kier molecular flexibility index (Phi) is 7.99. The van der Waals surface area contributed by atoms with Gasteiger partial charge < -0.3 is 15.2 Å². The molecule has 0 aliphatic carbocycles. The van der Waals surface area contributed by atoms with Crippen LogP contribution in [0.4, 0.5) is 4.79 Å². The van der Waals surface area contributed by atoms with Gasteiger partial charge in [0.15, 0.2) is 0 Å². The molecule has 4 nitrogen and oxygen atoms in total. The fourth-order valence-corrected chi connectivity index (χ4v) is 2.31. The minimum absolute atomic E-state index is 0.128. The van der Waals surface area contributed by atoms with E-state index >= 15 is 0 Å². The Labute approximate surface area is 137 Å². The van der Waals surface area contributed by atoms with Gasteiger partial charge in [0.25, 0.3) is 0 Å². The summed E-state index contributed by atoms with van der Waals surface area (Å²) in [4.78, 5) is 11.9. The number of unbranched alkanes of at least 4 members (excludes halogenated alkanes) is 1. The first-order chi connectivity index (χ1) is 10.5. The van der Waals surface area contributed by atoms with Crippen LogP contribution in [0.15, 0.2) is 36.9 Å². The van der Waals surface area contributed by atoms with Crippen LogP contribution in [0.1, 0.15) is 44.8 Å². The van der Waals surface area contributed by atoms with Crippen molar-refractivity contribution >= 4 is 17.7 Å². The molecule has 1 aromatic carbocycles. The highest BCUT2D eigenvalue weighted by atomic mass is 35.5. The SMILES string of the molecule is C=CC(CCCC)NC(=O)OC(C)C(O)c1ccccc1Cl. The summed E-state index contributed by atoms with van der Waals surface area (Å²) in [7, 11) is 0. The number of amides is 1.